The molecule has 1 heterocycles. The maximum atomic E-state index is 11.6. The predicted octanol–water partition coefficient (Wildman–Crippen LogP) is 2.44. The number of amides is 1. The third-order valence-electron chi connectivity index (χ3n) is 2.16. The molecule has 0 unspecified atom stereocenters. The number of carbonyl (C=O) groups excluding carboxylic acids is 1. The van der Waals surface area contributed by atoms with Gasteiger partial charge in [0, 0.05) is 19.2 Å². The zero-order valence-electron chi connectivity index (χ0n) is 10.4. The normalized spacial score (nSPS) is 15.6. The molecule has 0 saturated carbocycles. The first-order valence-electron chi connectivity index (χ1n) is 5.29. The van der Waals surface area contributed by atoms with Crippen molar-refractivity contribution >= 4 is 5.91 Å². The van der Waals surface area contributed by atoms with Gasteiger partial charge in [-0.2, -0.15) is 5.26 Å². The van der Waals surface area contributed by atoms with Crippen LogP contribution in [0, 0.1) is 11.3 Å². The fourth-order valence-corrected chi connectivity index (χ4v) is 1.38. The van der Waals surface area contributed by atoms with Crippen molar-refractivity contribution in [1.82, 2.24) is 4.90 Å². The second-order valence-electron chi connectivity index (χ2n) is 3.27. The van der Waals surface area contributed by atoms with Gasteiger partial charge in [0.25, 0.3) is 5.91 Å². The van der Waals surface area contributed by atoms with Crippen molar-refractivity contribution in [3.63, 3.8) is 0 Å². The fourth-order valence-electron chi connectivity index (χ4n) is 1.38. The van der Waals surface area contributed by atoms with Crippen molar-refractivity contribution in [2.75, 3.05) is 13.6 Å². The Bertz CT molecular complexity index is 383. The highest BCUT2D eigenvalue weighted by atomic mass is 16.2. The zero-order valence-corrected chi connectivity index (χ0v) is 10.4. The Labute approximate surface area is 97.4 Å². The average molecular weight is 218 g/mol. The van der Waals surface area contributed by atoms with Gasteiger partial charge in [0.05, 0.1) is 11.6 Å². The van der Waals surface area contributed by atoms with Gasteiger partial charge < -0.3 is 4.90 Å². The van der Waals surface area contributed by atoms with Crippen LogP contribution in [-0.2, 0) is 4.79 Å². The van der Waals surface area contributed by atoms with Crippen molar-refractivity contribution in [2.24, 2.45) is 0 Å². The van der Waals surface area contributed by atoms with Crippen molar-refractivity contribution in [2.45, 2.75) is 20.8 Å². The monoisotopic (exact) mass is 218 g/mol. The van der Waals surface area contributed by atoms with Gasteiger partial charge in [-0.3, -0.25) is 4.79 Å². The summed E-state index contributed by atoms with van der Waals surface area (Å²) < 4.78 is 0. The lowest BCUT2D eigenvalue weighted by molar-refractivity contribution is -0.124. The molecule has 0 aromatic carbocycles. The van der Waals surface area contributed by atoms with Crippen LogP contribution in [0.3, 0.4) is 0 Å². The van der Waals surface area contributed by atoms with Gasteiger partial charge >= 0.3 is 0 Å². The molecule has 0 N–H and O–H groups in total. The molecular formula is C13H18N2O. The summed E-state index contributed by atoms with van der Waals surface area (Å²) in [6.07, 6.45) is 3.04. The van der Waals surface area contributed by atoms with Crippen LogP contribution in [0.5, 0.6) is 0 Å². The minimum atomic E-state index is -0.0305. The lowest BCUT2D eigenvalue weighted by atomic mass is 10.1. The Morgan fingerprint density at radius 1 is 1.56 bits per heavy atom. The van der Waals surface area contributed by atoms with Crippen LogP contribution in [-0.4, -0.2) is 24.4 Å². The molecule has 86 valence electrons. The summed E-state index contributed by atoms with van der Waals surface area (Å²) in [6, 6.07) is 1.97. The highest BCUT2D eigenvalue weighted by Gasteiger charge is 2.23. The molecule has 0 spiro atoms. The van der Waals surface area contributed by atoms with Crippen LogP contribution in [0.2, 0.25) is 0 Å². The Morgan fingerprint density at radius 2 is 2.12 bits per heavy atom. The number of nitrogens with zero attached hydrogens (tertiary/aromatic N) is 2. The van der Waals surface area contributed by atoms with E-state index in [9.17, 15) is 4.79 Å². The molecule has 0 atom stereocenters. The van der Waals surface area contributed by atoms with Crippen LogP contribution in [0.1, 0.15) is 20.8 Å². The van der Waals surface area contributed by atoms with E-state index >= 15 is 0 Å². The molecule has 0 fully saturated rings. The third kappa shape index (κ3) is 3.09. The SMILES string of the molecule is C=C/C(C#N)=C\C1=C(C)CN(C)C1=O.CC. The summed E-state index contributed by atoms with van der Waals surface area (Å²) >= 11 is 0. The molecule has 1 aliphatic rings. The standard InChI is InChI=1S/C11H12N2O.C2H6/c1-4-9(6-12)5-10-8(2)7-13(3)11(10)14;1-2/h4-5H,1,7H2,2-3H3;1-2H3/b9-5+;. The van der Waals surface area contributed by atoms with E-state index in [1.54, 1.807) is 18.0 Å². The highest BCUT2D eigenvalue weighted by molar-refractivity contribution is 5.99. The molecule has 3 nitrogen and oxygen atoms in total. The second kappa shape index (κ2) is 6.62. The number of rotatable bonds is 2. The van der Waals surface area contributed by atoms with Gasteiger partial charge in [-0.1, -0.05) is 26.5 Å². The maximum Gasteiger partial charge on any atom is 0.253 e. The van der Waals surface area contributed by atoms with Gasteiger partial charge in [0.1, 0.15) is 0 Å². The van der Waals surface area contributed by atoms with Crippen LogP contribution in [0.25, 0.3) is 0 Å². The molecule has 0 aliphatic carbocycles. The molecule has 0 saturated heterocycles. The first-order chi connectivity index (χ1) is 7.60. The van der Waals surface area contributed by atoms with Gasteiger partial charge in [-0.25, -0.2) is 0 Å². The molecule has 0 bridgehead atoms. The Morgan fingerprint density at radius 3 is 2.44 bits per heavy atom. The first kappa shape index (κ1) is 14.2. The van der Waals surface area contributed by atoms with Crippen LogP contribution in [0.4, 0.5) is 0 Å². The number of carbonyl (C=O) groups is 1. The number of hydrogen-bond acceptors (Lipinski definition) is 2. The molecule has 0 radical (unpaired) electrons. The van der Waals surface area contributed by atoms with Gasteiger partial charge in [0.15, 0.2) is 0 Å². The van der Waals surface area contributed by atoms with Crippen LogP contribution >= 0.6 is 0 Å². The Balaban J connectivity index is 0.00000106. The van der Waals surface area contributed by atoms with E-state index in [2.05, 4.69) is 6.58 Å². The average Bonchev–Trinajstić information content (AvgIpc) is 2.54. The molecule has 0 aromatic rings. The fraction of sp³-hybridized carbons (Fsp3) is 0.385. The summed E-state index contributed by atoms with van der Waals surface area (Å²) in [5, 5.41) is 8.69. The van der Waals surface area contributed by atoms with E-state index in [1.807, 2.05) is 26.8 Å². The van der Waals surface area contributed by atoms with E-state index in [0.717, 1.165) is 5.57 Å². The Hall–Kier alpha value is -1.82. The number of nitriles is 1. The topological polar surface area (TPSA) is 44.1 Å². The lowest BCUT2D eigenvalue weighted by Gasteiger charge is -2.06. The maximum absolute atomic E-state index is 11.6. The molecule has 0 aromatic heterocycles. The van der Waals surface area contributed by atoms with Crippen LogP contribution < -0.4 is 0 Å². The minimum absolute atomic E-state index is 0.0305. The van der Waals surface area contributed by atoms with Crippen molar-refractivity contribution in [1.29, 1.82) is 5.26 Å². The molecule has 1 amide bonds. The van der Waals surface area contributed by atoms with E-state index in [4.69, 9.17) is 5.26 Å². The lowest BCUT2D eigenvalue weighted by Crippen LogP contribution is -2.21. The summed E-state index contributed by atoms with van der Waals surface area (Å²) in [7, 11) is 1.74. The summed E-state index contributed by atoms with van der Waals surface area (Å²) in [5.74, 6) is -0.0305. The molecule has 1 rings (SSSR count). The van der Waals surface area contributed by atoms with Crippen molar-refractivity contribution < 1.29 is 4.79 Å². The third-order valence-corrected chi connectivity index (χ3v) is 2.16. The minimum Gasteiger partial charge on any atom is -0.338 e. The first-order valence-corrected chi connectivity index (χ1v) is 5.29. The number of likely N-dealkylation sites (N-methyl/N-ethyl adjacent to an activating group) is 1. The zero-order chi connectivity index (χ0) is 12.7. The highest BCUT2D eigenvalue weighted by Crippen LogP contribution is 2.19. The molecular weight excluding hydrogens is 200 g/mol. The van der Waals surface area contributed by atoms with E-state index in [-0.39, 0.29) is 5.91 Å². The van der Waals surface area contributed by atoms with Crippen LogP contribution in [0.15, 0.2) is 35.5 Å². The van der Waals surface area contributed by atoms with Crippen molar-refractivity contribution in [3.05, 3.63) is 35.5 Å². The molecule has 3 heteroatoms. The predicted molar refractivity (Wildman–Crippen MR) is 65.6 cm³/mol. The summed E-state index contributed by atoms with van der Waals surface area (Å²) in [5.41, 5.74) is 2.03. The second-order valence-corrected chi connectivity index (χ2v) is 3.27. The van der Waals surface area contributed by atoms with E-state index < -0.39 is 0 Å². The van der Waals surface area contributed by atoms with Gasteiger partial charge in [0.2, 0.25) is 0 Å². The van der Waals surface area contributed by atoms with Gasteiger partial charge in [-0.05, 0) is 18.6 Å². The largest absolute Gasteiger partial charge is 0.338 e. The molecule has 16 heavy (non-hydrogen) atoms. The number of hydrogen-bond donors (Lipinski definition) is 0. The quantitative estimate of drug-likeness (QED) is 0.528. The summed E-state index contributed by atoms with van der Waals surface area (Å²) in [4.78, 5) is 13.2. The summed E-state index contributed by atoms with van der Waals surface area (Å²) in [6.45, 7) is 10.0. The van der Waals surface area contributed by atoms with E-state index in [1.165, 1.54) is 6.08 Å². The smallest absolute Gasteiger partial charge is 0.253 e. The number of allylic oxidation sites excluding steroid dienone is 2. The van der Waals surface area contributed by atoms with Gasteiger partial charge in [-0.15, -0.1) is 0 Å². The Kier molecular flexibility index (Phi) is 5.87. The molecule has 1 aliphatic heterocycles. The van der Waals surface area contributed by atoms with E-state index in [0.29, 0.717) is 17.7 Å². The van der Waals surface area contributed by atoms with Crippen molar-refractivity contribution in [3.8, 4) is 6.07 Å².